The van der Waals surface area contributed by atoms with Gasteiger partial charge in [0.05, 0.1) is 17.0 Å². The number of nitro benzene ring substituents is 1. The van der Waals surface area contributed by atoms with Gasteiger partial charge in [-0.05, 0) is 37.5 Å². The lowest BCUT2D eigenvalue weighted by molar-refractivity contribution is -0.385. The van der Waals surface area contributed by atoms with E-state index in [-0.39, 0.29) is 23.5 Å². The Labute approximate surface area is 157 Å². The lowest BCUT2D eigenvalue weighted by Gasteiger charge is -2.19. The number of hydrogen-bond donors (Lipinski definition) is 2. The van der Waals surface area contributed by atoms with E-state index in [1.54, 1.807) is 30.3 Å². The molecule has 2 aromatic rings. The molecule has 0 atom stereocenters. The predicted molar refractivity (Wildman–Crippen MR) is 103 cm³/mol. The van der Waals surface area contributed by atoms with Gasteiger partial charge in [0, 0.05) is 24.6 Å². The number of hydrogen-bond acceptors (Lipinski definition) is 3. The zero-order valence-electron chi connectivity index (χ0n) is 15.2. The van der Waals surface area contributed by atoms with Crippen LogP contribution in [0.2, 0.25) is 0 Å². The molecular weight excluding hydrogens is 347 g/mol. The maximum Gasteiger partial charge on any atom is 0.274 e. The summed E-state index contributed by atoms with van der Waals surface area (Å²) in [6.45, 7) is 3.48. The molecule has 0 spiro atoms. The molecule has 0 unspecified atom stereocenters. The number of benzene rings is 2. The molecule has 142 valence electrons. The highest BCUT2D eigenvalue weighted by Crippen LogP contribution is 2.47. The van der Waals surface area contributed by atoms with E-state index >= 15 is 0 Å². The molecule has 1 aliphatic rings. The van der Waals surface area contributed by atoms with Crippen molar-refractivity contribution < 1.29 is 9.31 Å². The standard InChI is InChI=1S/C20H23FN4O2/c1-2-22-19(23-13-15-6-3-4-9-18(15)25(26)27)24-14-20(10-11-20)16-7-5-8-17(21)12-16/h3-9,12H,2,10-11,13-14H2,1H3,(H2,22,23,24). The number of nitrogens with one attached hydrogen (secondary N) is 2. The van der Waals surface area contributed by atoms with Gasteiger partial charge in [0.15, 0.2) is 5.96 Å². The van der Waals surface area contributed by atoms with Crippen molar-refractivity contribution in [2.75, 3.05) is 13.1 Å². The van der Waals surface area contributed by atoms with Crippen LogP contribution in [0.1, 0.15) is 30.9 Å². The Morgan fingerprint density at radius 2 is 2.00 bits per heavy atom. The van der Waals surface area contributed by atoms with Crippen molar-refractivity contribution in [2.45, 2.75) is 31.7 Å². The second-order valence-corrected chi connectivity index (χ2v) is 6.73. The smallest absolute Gasteiger partial charge is 0.274 e. The van der Waals surface area contributed by atoms with Gasteiger partial charge in [-0.3, -0.25) is 10.1 Å². The monoisotopic (exact) mass is 370 g/mol. The van der Waals surface area contributed by atoms with E-state index in [0.29, 0.717) is 24.6 Å². The summed E-state index contributed by atoms with van der Waals surface area (Å²) in [6.07, 6.45) is 1.99. The minimum atomic E-state index is -0.394. The van der Waals surface area contributed by atoms with Gasteiger partial charge in [0.2, 0.25) is 0 Å². The van der Waals surface area contributed by atoms with Crippen LogP contribution in [0.15, 0.2) is 53.5 Å². The molecule has 0 aliphatic heterocycles. The summed E-state index contributed by atoms with van der Waals surface area (Å²) in [5, 5.41) is 17.6. The Morgan fingerprint density at radius 1 is 1.22 bits per heavy atom. The van der Waals surface area contributed by atoms with Crippen LogP contribution in [0.25, 0.3) is 0 Å². The molecule has 2 N–H and O–H groups in total. The van der Waals surface area contributed by atoms with Crippen molar-refractivity contribution in [1.29, 1.82) is 0 Å². The second kappa shape index (κ2) is 8.16. The summed E-state index contributed by atoms with van der Waals surface area (Å²) in [5.41, 5.74) is 1.54. The van der Waals surface area contributed by atoms with Crippen LogP contribution in [-0.2, 0) is 12.0 Å². The number of guanidine groups is 1. The van der Waals surface area contributed by atoms with E-state index in [4.69, 9.17) is 0 Å². The van der Waals surface area contributed by atoms with Crippen LogP contribution in [0.4, 0.5) is 10.1 Å². The third-order valence-corrected chi connectivity index (χ3v) is 4.82. The Bertz CT molecular complexity index is 849. The minimum Gasteiger partial charge on any atom is -0.357 e. The Balaban J connectivity index is 1.69. The van der Waals surface area contributed by atoms with Gasteiger partial charge in [-0.1, -0.05) is 30.3 Å². The van der Waals surface area contributed by atoms with E-state index in [1.165, 1.54) is 12.1 Å². The summed E-state index contributed by atoms with van der Waals surface area (Å²) >= 11 is 0. The average Bonchev–Trinajstić information content (AvgIpc) is 3.45. The molecule has 0 aromatic heterocycles. The predicted octanol–water partition coefficient (Wildman–Crippen LogP) is 3.52. The van der Waals surface area contributed by atoms with Crippen LogP contribution in [0, 0.1) is 15.9 Å². The first kappa shape index (κ1) is 18.8. The molecule has 1 saturated carbocycles. The molecule has 3 rings (SSSR count). The third kappa shape index (κ3) is 4.61. The zero-order valence-corrected chi connectivity index (χ0v) is 15.2. The van der Waals surface area contributed by atoms with E-state index in [2.05, 4.69) is 15.6 Å². The van der Waals surface area contributed by atoms with Crippen LogP contribution in [-0.4, -0.2) is 24.0 Å². The van der Waals surface area contributed by atoms with Gasteiger partial charge >= 0.3 is 0 Å². The van der Waals surface area contributed by atoms with Gasteiger partial charge in [0.1, 0.15) is 5.82 Å². The van der Waals surface area contributed by atoms with Crippen molar-refractivity contribution in [3.05, 3.63) is 75.6 Å². The quantitative estimate of drug-likeness (QED) is 0.338. The fourth-order valence-electron chi connectivity index (χ4n) is 3.12. The largest absolute Gasteiger partial charge is 0.357 e. The Morgan fingerprint density at radius 3 is 2.67 bits per heavy atom. The van der Waals surface area contributed by atoms with Crippen LogP contribution >= 0.6 is 0 Å². The first-order valence-corrected chi connectivity index (χ1v) is 9.04. The topological polar surface area (TPSA) is 79.6 Å². The Hall–Kier alpha value is -2.96. The number of rotatable bonds is 7. The number of para-hydroxylation sites is 1. The average molecular weight is 370 g/mol. The van der Waals surface area contributed by atoms with Crippen LogP contribution in [0.3, 0.4) is 0 Å². The lowest BCUT2D eigenvalue weighted by atomic mass is 9.96. The summed E-state index contributed by atoms with van der Waals surface area (Å²) < 4.78 is 13.5. The molecular formula is C20H23FN4O2. The lowest BCUT2D eigenvalue weighted by Crippen LogP contribution is -2.41. The third-order valence-electron chi connectivity index (χ3n) is 4.82. The SMILES string of the molecule is CCNC(=NCc1ccccc1[N+](=O)[O-])NCC1(c2cccc(F)c2)CC1. The van der Waals surface area contributed by atoms with Gasteiger partial charge in [-0.15, -0.1) is 0 Å². The highest BCUT2D eigenvalue weighted by molar-refractivity contribution is 5.80. The van der Waals surface area contributed by atoms with Crippen molar-refractivity contribution in [1.82, 2.24) is 10.6 Å². The molecule has 1 fully saturated rings. The molecule has 0 amide bonds. The highest BCUT2D eigenvalue weighted by atomic mass is 19.1. The first-order chi connectivity index (χ1) is 13.0. The molecule has 7 heteroatoms. The second-order valence-electron chi connectivity index (χ2n) is 6.73. The maximum absolute atomic E-state index is 13.5. The van der Waals surface area contributed by atoms with Crippen molar-refractivity contribution in [2.24, 2.45) is 4.99 Å². The molecule has 0 radical (unpaired) electrons. The highest BCUT2D eigenvalue weighted by Gasteiger charge is 2.44. The maximum atomic E-state index is 13.5. The number of nitro groups is 1. The van der Waals surface area contributed by atoms with Crippen LogP contribution in [0.5, 0.6) is 0 Å². The normalized spacial score (nSPS) is 15.3. The molecule has 1 aliphatic carbocycles. The summed E-state index contributed by atoms with van der Waals surface area (Å²) in [5.74, 6) is 0.370. The fraction of sp³-hybridized carbons (Fsp3) is 0.350. The fourth-order valence-corrected chi connectivity index (χ4v) is 3.12. The zero-order chi connectivity index (χ0) is 19.3. The van der Waals surface area contributed by atoms with Crippen molar-refractivity contribution in [3.63, 3.8) is 0 Å². The van der Waals surface area contributed by atoms with E-state index in [1.807, 2.05) is 13.0 Å². The number of aliphatic imine (C=N–C) groups is 1. The summed E-state index contributed by atoms with van der Waals surface area (Å²) in [6, 6.07) is 13.3. The first-order valence-electron chi connectivity index (χ1n) is 9.04. The van der Waals surface area contributed by atoms with Gasteiger partial charge < -0.3 is 10.6 Å². The minimum absolute atomic E-state index is 0.0653. The Kier molecular flexibility index (Phi) is 5.69. The van der Waals surface area contributed by atoms with Crippen molar-refractivity contribution >= 4 is 11.6 Å². The molecule has 0 saturated heterocycles. The molecule has 2 aromatic carbocycles. The van der Waals surface area contributed by atoms with Gasteiger partial charge in [0.25, 0.3) is 5.69 Å². The van der Waals surface area contributed by atoms with E-state index in [0.717, 1.165) is 18.4 Å². The molecule has 6 nitrogen and oxygen atoms in total. The molecule has 27 heavy (non-hydrogen) atoms. The van der Waals surface area contributed by atoms with E-state index < -0.39 is 4.92 Å². The molecule has 0 bridgehead atoms. The van der Waals surface area contributed by atoms with Crippen molar-refractivity contribution in [3.8, 4) is 0 Å². The summed E-state index contributed by atoms with van der Waals surface area (Å²) in [7, 11) is 0. The van der Waals surface area contributed by atoms with Gasteiger partial charge in [-0.25, -0.2) is 9.38 Å². The van der Waals surface area contributed by atoms with E-state index in [9.17, 15) is 14.5 Å². The van der Waals surface area contributed by atoms with Gasteiger partial charge in [-0.2, -0.15) is 0 Å². The number of halogens is 1. The van der Waals surface area contributed by atoms with Crippen LogP contribution < -0.4 is 10.6 Å². The number of nitrogens with zero attached hydrogens (tertiary/aromatic N) is 2. The summed E-state index contributed by atoms with van der Waals surface area (Å²) in [4.78, 5) is 15.2. The molecule has 0 heterocycles.